The highest BCUT2D eigenvalue weighted by molar-refractivity contribution is 7.11. The molecule has 0 aromatic carbocycles. The lowest BCUT2D eigenvalue weighted by molar-refractivity contribution is -0.142. The highest BCUT2D eigenvalue weighted by Gasteiger charge is 2.04. The summed E-state index contributed by atoms with van der Waals surface area (Å²) in [5, 5.41) is 4.01. The Hall–Kier alpha value is -0.940. The van der Waals surface area contributed by atoms with E-state index in [-0.39, 0.29) is 12.5 Å². The molecule has 0 saturated heterocycles. The molecular weight excluding hydrogens is 212 g/mol. The van der Waals surface area contributed by atoms with Crippen LogP contribution in [0.4, 0.5) is 0 Å². The highest BCUT2D eigenvalue weighted by atomic mass is 32.1. The van der Waals surface area contributed by atoms with Gasteiger partial charge in [0.2, 0.25) is 0 Å². The average molecular weight is 228 g/mol. The molecule has 1 aromatic heterocycles. The van der Waals surface area contributed by atoms with E-state index >= 15 is 0 Å². The fourth-order valence-electron chi connectivity index (χ4n) is 1.10. The second kappa shape index (κ2) is 5.82. The van der Waals surface area contributed by atoms with Gasteiger partial charge >= 0.3 is 5.97 Å². The smallest absolute Gasteiger partial charge is 0.319 e. The number of aromatic nitrogens is 1. The number of rotatable bonds is 5. The maximum Gasteiger partial charge on any atom is 0.319 e. The lowest BCUT2D eigenvalue weighted by atomic mass is 10.4. The van der Waals surface area contributed by atoms with E-state index in [9.17, 15) is 4.79 Å². The van der Waals surface area contributed by atoms with E-state index in [1.54, 1.807) is 18.3 Å². The van der Waals surface area contributed by atoms with Crippen molar-refractivity contribution in [1.82, 2.24) is 10.3 Å². The normalized spacial score (nSPS) is 10.3. The van der Waals surface area contributed by atoms with Crippen LogP contribution in [0.15, 0.2) is 0 Å². The summed E-state index contributed by atoms with van der Waals surface area (Å²) >= 11 is 1.65. The van der Waals surface area contributed by atoms with Crippen LogP contribution in [0.1, 0.15) is 22.5 Å². The molecule has 4 nitrogen and oxygen atoms in total. The number of carbonyl (C=O) groups excluding carboxylic acids is 1. The third-order valence-corrected chi connectivity index (χ3v) is 3.00. The van der Waals surface area contributed by atoms with Crippen LogP contribution in [0.2, 0.25) is 0 Å². The van der Waals surface area contributed by atoms with Gasteiger partial charge in [0, 0.05) is 11.4 Å². The molecule has 84 valence electrons. The van der Waals surface area contributed by atoms with E-state index in [0.717, 1.165) is 10.7 Å². The van der Waals surface area contributed by atoms with Gasteiger partial charge < -0.3 is 10.1 Å². The Balaban J connectivity index is 2.28. The molecule has 0 bridgehead atoms. The number of carbonyl (C=O) groups is 1. The summed E-state index contributed by atoms with van der Waals surface area (Å²) in [6.45, 7) is 7.12. The second-order valence-corrected chi connectivity index (χ2v) is 4.45. The van der Waals surface area contributed by atoms with Crippen LogP contribution >= 0.6 is 11.3 Å². The first-order valence-corrected chi connectivity index (χ1v) is 5.74. The Labute approximate surface area is 93.7 Å². The second-order valence-electron chi connectivity index (χ2n) is 3.16. The van der Waals surface area contributed by atoms with Crippen LogP contribution in [-0.2, 0) is 16.1 Å². The molecule has 0 spiro atoms. The molecular formula is C10H16N2O2S. The van der Waals surface area contributed by atoms with E-state index in [4.69, 9.17) is 4.74 Å². The molecule has 1 rings (SSSR count). The van der Waals surface area contributed by atoms with Gasteiger partial charge in [0.05, 0.1) is 18.8 Å². The number of esters is 1. The molecule has 1 aromatic rings. The minimum Gasteiger partial charge on any atom is -0.465 e. The zero-order chi connectivity index (χ0) is 11.3. The van der Waals surface area contributed by atoms with Crippen LogP contribution < -0.4 is 5.32 Å². The first-order valence-electron chi connectivity index (χ1n) is 4.92. The molecule has 0 fully saturated rings. The minimum atomic E-state index is -0.220. The summed E-state index contributed by atoms with van der Waals surface area (Å²) in [4.78, 5) is 16.6. The summed E-state index contributed by atoms with van der Waals surface area (Å²) in [6, 6.07) is 0. The van der Waals surface area contributed by atoms with Crippen molar-refractivity contribution in [2.75, 3.05) is 13.2 Å². The van der Waals surface area contributed by atoms with Crippen molar-refractivity contribution >= 4 is 17.3 Å². The van der Waals surface area contributed by atoms with E-state index < -0.39 is 0 Å². The summed E-state index contributed by atoms with van der Waals surface area (Å²) in [6.07, 6.45) is 0. The highest BCUT2D eigenvalue weighted by Crippen LogP contribution is 2.15. The maximum absolute atomic E-state index is 11.0. The number of aryl methyl sites for hydroxylation is 2. The zero-order valence-corrected chi connectivity index (χ0v) is 10.1. The molecule has 0 amide bonds. The quantitative estimate of drug-likeness (QED) is 0.774. The molecule has 0 atom stereocenters. The Morgan fingerprint density at radius 3 is 2.80 bits per heavy atom. The molecule has 5 heteroatoms. The molecule has 0 aliphatic carbocycles. The van der Waals surface area contributed by atoms with Gasteiger partial charge in [0.15, 0.2) is 0 Å². The van der Waals surface area contributed by atoms with Crippen LogP contribution in [0.5, 0.6) is 0 Å². The van der Waals surface area contributed by atoms with Crippen molar-refractivity contribution in [1.29, 1.82) is 0 Å². The van der Waals surface area contributed by atoms with Gasteiger partial charge in [-0.1, -0.05) is 0 Å². The summed E-state index contributed by atoms with van der Waals surface area (Å²) < 4.78 is 4.79. The number of nitrogens with one attached hydrogen (secondary N) is 1. The monoisotopic (exact) mass is 228 g/mol. The van der Waals surface area contributed by atoms with Crippen molar-refractivity contribution < 1.29 is 9.53 Å². The predicted octanol–water partition coefficient (Wildman–Crippen LogP) is 1.41. The third-order valence-electron chi connectivity index (χ3n) is 1.92. The van der Waals surface area contributed by atoms with Crippen LogP contribution in [0.25, 0.3) is 0 Å². The van der Waals surface area contributed by atoms with Crippen molar-refractivity contribution in [3.63, 3.8) is 0 Å². The molecule has 1 heterocycles. The van der Waals surface area contributed by atoms with Gasteiger partial charge in [-0.25, -0.2) is 4.98 Å². The first kappa shape index (κ1) is 12.1. The molecule has 15 heavy (non-hydrogen) atoms. The van der Waals surface area contributed by atoms with Crippen molar-refractivity contribution in [3.8, 4) is 0 Å². The Morgan fingerprint density at radius 2 is 2.27 bits per heavy atom. The summed E-state index contributed by atoms with van der Waals surface area (Å²) in [7, 11) is 0. The molecule has 0 aliphatic rings. The van der Waals surface area contributed by atoms with Crippen LogP contribution in [0, 0.1) is 13.8 Å². The largest absolute Gasteiger partial charge is 0.465 e. The molecule has 1 N–H and O–H groups in total. The molecule has 0 radical (unpaired) electrons. The standard InChI is InChI=1S/C10H16N2O2S/c1-4-14-10(13)6-11-5-9-12-7(2)8(3)15-9/h11H,4-6H2,1-3H3. The Bertz CT molecular complexity index is 317. The average Bonchev–Trinajstić information content (AvgIpc) is 2.46. The number of nitrogens with zero attached hydrogens (tertiary/aromatic N) is 1. The topological polar surface area (TPSA) is 51.2 Å². The molecule has 0 unspecified atom stereocenters. The summed E-state index contributed by atoms with van der Waals surface area (Å²) in [5.41, 5.74) is 1.06. The SMILES string of the molecule is CCOC(=O)CNCc1nc(C)c(C)s1. The molecule has 0 saturated carbocycles. The predicted molar refractivity (Wildman–Crippen MR) is 59.9 cm³/mol. The van der Waals surface area contributed by atoms with Gasteiger partial charge in [0.25, 0.3) is 0 Å². The Morgan fingerprint density at radius 1 is 1.53 bits per heavy atom. The maximum atomic E-state index is 11.0. The zero-order valence-electron chi connectivity index (χ0n) is 9.29. The van der Waals surface area contributed by atoms with Gasteiger partial charge in [0.1, 0.15) is 5.01 Å². The van der Waals surface area contributed by atoms with E-state index in [2.05, 4.69) is 10.3 Å². The van der Waals surface area contributed by atoms with Crippen LogP contribution in [0.3, 0.4) is 0 Å². The summed E-state index contributed by atoms with van der Waals surface area (Å²) in [5.74, 6) is -0.220. The first-order chi connectivity index (χ1) is 7.13. The molecule has 0 aliphatic heterocycles. The van der Waals surface area contributed by atoms with Gasteiger partial charge in [-0.3, -0.25) is 4.79 Å². The van der Waals surface area contributed by atoms with E-state index in [1.165, 1.54) is 4.88 Å². The van der Waals surface area contributed by atoms with Gasteiger partial charge in [-0.2, -0.15) is 0 Å². The fraction of sp³-hybridized carbons (Fsp3) is 0.600. The minimum absolute atomic E-state index is 0.220. The van der Waals surface area contributed by atoms with Gasteiger partial charge in [-0.05, 0) is 20.8 Å². The van der Waals surface area contributed by atoms with Gasteiger partial charge in [-0.15, -0.1) is 11.3 Å². The fourth-order valence-corrected chi connectivity index (χ4v) is 2.00. The third kappa shape index (κ3) is 3.97. The lowest BCUT2D eigenvalue weighted by Crippen LogP contribution is -2.24. The number of hydrogen-bond acceptors (Lipinski definition) is 5. The van der Waals surface area contributed by atoms with E-state index in [0.29, 0.717) is 13.2 Å². The van der Waals surface area contributed by atoms with Crippen molar-refractivity contribution in [2.24, 2.45) is 0 Å². The lowest BCUT2D eigenvalue weighted by Gasteiger charge is -2.01. The number of ether oxygens (including phenoxy) is 1. The number of thiazole rings is 1. The Kier molecular flexibility index (Phi) is 4.71. The van der Waals surface area contributed by atoms with E-state index in [1.807, 2.05) is 13.8 Å². The van der Waals surface area contributed by atoms with Crippen molar-refractivity contribution in [2.45, 2.75) is 27.3 Å². The van der Waals surface area contributed by atoms with Crippen molar-refractivity contribution in [3.05, 3.63) is 15.6 Å². The van der Waals surface area contributed by atoms with Crippen LogP contribution in [-0.4, -0.2) is 24.1 Å². The number of hydrogen-bond donors (Lipinski definition) is 1.